The zero-order valence-electron chi connectivity index (χ0n) is 10.6. The van der Waals surface area contributed by atoms with Crippen molar-refractivity contribution in [3.8, 4) is 5.75 Å². The summed E-state index contributed by atoms with van der Waals surface area (Å²) in [5, 5.41) is 9.83. The highest BCUT2D eigenvalue weighted by Gasteiger charge is 2.33. The van der Waals surface area contributed by atoms with Gasteiger partial charge >= 0.3 is 5.97 Å². The number of thioether (sulfide) groups is 1. The Morgan fingerprint density at radius 1 is 1.55 bits per heavy atom. The fourth-order valence-corrected chi connectivity index (χ4v) is 3.14. The lowest BCUT2D eigenvalue weighted by Gasteiger charge is -2.17. The summed E-state index contributed by atoms with van der Waals surface area (Å²) in [6, 6.07) is 5.13. The zero-order valence-corrected chi connectivity index (χ0v) is 12.9. The van der Waals surface area contributed by atoms with Crippen molar-refractivity contribution in [2.75, 3.05) is 19.1 Å². The van der Waals surface area contributed by atoms with E-state index in [-0.39, 0.29) is 13.2 Å². The normalized spacial score (nSPS) is 21.6. The molecular weight excluding hydrogens is 323 g/mol. The van der Waals surface area contributed by atoms with Crippen LogP contribution in [0.15, 0.2) is 23.1 Å². The number of benzene rings is 1. The first-order chi connectivity index (χ1) is 9.61. The molecular formula is C13H14Cl2O4S. The lowest BCUT2D eigenvalue weighted by atomic mass is 10.2. The third-order valence-corrected chi connectivity index (χ3v) is 4.51. The average Bonchev–Trinajstić information content (AvgIpc) is 2.58. The van der Waals surface area contributed by atoms with Crippen molar-refractivity contribution in [3.63, 3.8) is 0 Å². The molecule has 0 fully saturated rings. The number of carbonyl (C=O) groups is 1. The van der Waals surface area contributed by atoms with Crippen LogP contribution in [0, 0.1) is 0 Å². The van der Waals surface area contributed by atoms with E-state index in [2.05, 4.69) is 0 Å². The number of esters is 1. The molecule has 0 saturated carbocycles. The Kier molecular flexibility index (Phi) is 5.84. The van der Waals surface area contributed by atoms with Gasteiger partial charge in [0.1, 0.15) is 23.7 Å². The Hall–Kier alpha value is -0.620. The number of alkyl halides is 1. The molecule has 20 heavy (non-hydrogen) atoms. The molecule has 1 aliphatic rings. The molecule has 0 aromatic heterocycles. The topological polar surface area (TPSA) is 55.8 Å². The van der Waals surface area contributed by atoms with E-state index in [9.17, 15) is 9.90 Å². The number of halogens is 2. The van der Waals surface area contributed by atoms with Crippen molar-refractivity contribution in [1.82, 2.24) is 0 Å². The van der Waals surface area contributed by atoms with Crippen molar-refractivity contribution in [2.45, 2.75) is 22.7 Å². The lowest BCUT2D eigenvalue weighted by Crippen LogP contribution is -2.35. The maximum absolute atomic E-state index is 12.0. The van der Waals surface area contributed by atoms with E-state index in [1.54, 1.807) is 18.2 Å². The molecule has 0 amide bonds. The Morgan fingerprint density at radius 2 is 2.35 bits per heavy atom. The summed E-state index contributed by atoms with van der Waals surface area (Å²) in [7, 11) is 0. The minimum absolute atomic E-state index is 0.0386. The number of aliphatic hydroxyl groups excluding tert-OH is 1. The number of hydrogen-bond donors (Lipinski definition) is 1. The maximum Gasteiger partial charge on any atom is 0.322 e. The van der Waals surface area contributed by atoms with Gasteiger partial charge in [-0.1, -0.05) is 11.6 Å². The Labute approximate surface area is 131 Å². The summed E-state index contributed by atoms with van der Waals surface area (Å²) in [5.74, 6) is 0.563. The van der Waals surface area contributed by atoms with Crippen LogP contribution >= 0.6 is 35.0 Å². The predicted molar refractivity (Wildman–Crippen MR) is 78.9 cm³/mol. The molecule has 0 saturated heterocycles. The molecule has 1 aromatic rings. The molecule has 110 valence electrons. The SMILES string of the molecule is O=C(OCCCCl)[C@H]1Sc2cc(Cl)ccc2OC[C@@H]1O. The quantitative estimate of drug-likeness (QED) is 0.520. The number of carbonyl (C=O) groups excluding carboxylic acids is 1. The smallest absolute Gasteiger partial charge is 0.322 e. The summed E-state index contributed by atoms with van der Waals surface area (Å²) in [4.78, 5) is 12.7. The van der Waals surface area contributed by atoms with Gasteiger partial charge in [-0.3, -0.25) is 4.79 Å². The molecule has 1 aromatic carbocycles. The molecule has 0 unspecified atom stereocenters. The van der Waals surface area contributed by atoms with Gasteiger partial charge in [0.25, 0.3) is 0 Å². The second kappa shape index (κ2) is 7.41. The zero-order chi connectivity index (χ0) is 14.5. The van der Waals surface area contributed by atoms with E-state index in [1.807, 2.05) is 0 Å². The van der Waals surface area contributed by atoms with Crippen LogP contribution < -0.4 is 4.74 Å². The monoisotopic (exact) mass is 336 g/mol. The minimum Gasteiger partial charge on any atom is -0.490 e. The van der Waals surface area contributed by atoms with Crippen LogP contribution in [0.1, 0.15) is 6.42 Å². The second-order valence-electron chi connectivity index (χ2n) is 4.22. The summed E-state index contributed by atoms with van der Waals surface area (Å²) in [6.07, 6.45) is -0.352. The average molecular weight is 337 g/mol. The molecule has 7 heteroatoms. The molecule has 1 aliphatic heterocycles. The number of hydrogen-bond acceptors (Lipinski definition) is 5. The van der Waals surface area contributed by atoms with Gasteiger partial charge in [0, 0.05) is 10.9 Å². The Balaban J connectivity index is 2.10. The first-order valence-electron chi connectivity index (χ1n) is 6.11. The van der Waals surface area contributed by atoms with Crippen LogP contribution in [0.25, 0.3) is 0 Å². The fourth-order valence-electron chi connectivity index (χ4n) is 1.69. The molecule has 1 heterocycles. The van der Waals surface area contributed by atoms with Crippen LogP contribution in [-0.4, -0.2) is 41.5 Å². The van der Waals surface area contributed by atoms with E-state index < -0.39 is 17.3 Å². The van der Waals surface area contributed by atoms with E-state index in [0.717, 1.165) is 0 Å². The van der Waals surface area contributed by atoms with Gasteiger partial charge in [0.2, 0.25) is 0 Å². The molecule has 0 aliphatic carbocycles. The lowest BCUT2D eigenvalue weighted by molar-refractivity contribution is -0.145. The van der Waals surface area contributed by atoms with Crippen molar-refractivity contribution >= 4 is 40.9 Å². The molecule has 2 atom stereocenters. The van der Waals surface area contributed by atoms with Crippen LogP contribution in [0.3, 0.4) is 0 Å². The van der Waals surface area contributed by atoms with E-state index in [4.69, 9.17) is 32.7 Å². The number of aliphatic hydroxyl groups is 1. The van der Waals surface area contributed by atoms with Gasteiger partial charge in [-0.15, -0.1) is 23.4 Å². The van der Waals surface area contributed by atoms with Crippen LogP contribution in [0.5, 0.6) is 5.75 Å². The molecule has 0 radical (unpaired) electrons. The molecule has 0 spiro atoms. The van der Waals surface area contributed by atoms with Gasteiger partial charge < -0.3 is 14.6 Å². The van der Waals surface area contributed by atoms with Gasteiger partial charge in [-0.25, -0.2) is 0 Å². The Morgan fingerprint density at radius 3 is 3.10 bits per heavy atom. The van der Waals surface area contributed by atoms with Crippen molar-refractivity contribution in [1.29, 1.82) is 0 Å². The van der Waals surface area contributed by atoms with Gasteiger partial charge in [0.15, 0.2) is 0 Å². The summed E-state index contributed by atoms with van der Waals surface area (Å²) < 4.78 is 10.6. The highest BCUT2D eigenvalue weighted by molar-refractivity contribution is 8.00. The molecule has 0 bridgehead atoms. The Bertz CT molecular complexity index is 483. The standard InChI is InChI=1S/C13H14Cl2O4S/c14-4-1-5-18-13(17)12-9(16)7-19-10-3-2-8(15)6-11(10)20-12/h2-3,6,9,12,16H,1,4-5,7H2/t9-,12-/m0/s1. The maximum atomic E-state index is 12.0. The summed E-state index contributed by atoms with van der Waals surface area (Å²) >= 11 is 12.7. The van der Waals surface area contributed by atoms with E-state index in [0.29, 0.717) is 28.0 Å². The van der Waals surface area contributed by atoms with Crippen LogP contribution in [-0.2, 0) is 9.53 Å². The number of ether oxygens (including phenoxy) is 2. The first kappa shape index (κ1) is 15.8. The van der Waals surface area contributed by atoms with Crippen LogP contribution in [0.2, 0.25) is 5.02 Å². The highest BCUT2D eigenvalue weighted by atomic mass is 35.5. The molecule has 4 nitrogen and oxygen atoms in total. The number of fused-ring (bicyclic) bond motifs is 1. The summed E-state index contributed by atoms with van der Waals surface area (Å²) in [5.41, 5.74) is 0. The number of rotatable bonds is 4. The second-order valence-corrected chi connectivity index (χ2v) is 6.22. The van der Waals surface area contributed by atoms with Gasteiger partial charge in [0.05, 0.1) is 11.5 Å². The largest absolute Gasteiger partial charge is 0.490 e. The van der Waals surface area contributed by atoms with Gasteiger partial charge in [-0.2, -0.15) is 0 Å². The van der Waals surface area contributed by atoms with Crippen LogP contribution in [0.4, 0.5) is 0 Å². The third kappa shape index (κ3) is 3.95. The summed E-state index contributed by atoms with van der Waals surface area (Å²) in [6.45, 7) is 0.284. The fraction of sp³-hybridized carbons (Fsp3) is 0.462. The molecule has 1 N–H and O–H groups in total. The van der Waals surface area contributed by atoms with Crippen molar-refractivity contribution < 1.29 is 19.4 Å². The van der Waals surface area contributed by atoms with Crippen molar-refractivity contribution in [3.05, 3.63) is 23.2 Å². The highest BCUT2D eigenvalue weighted by Crippen LogP contribution is 2.38. The van der Waals surface area contributed by atoms with E-state index in [1.165, 1.54) is 11.8 Å². The van der Waals surface area contributed by atoms with Gasteiger partial charge in [-0.05, 0) is 24.6 Å². The predicted octanol–water partition coefficient (Wildman–Crippen LogP) is 2.73. The first-order valence-corrected chi connectivity index (χ1v) is 7.90. The minimum atomic E-state index is -0.935. The van der Waals surface area contributed by atoms with E-state index >= 15 is 0 Å². The third-order valence-electron chi connectivity index (χ3n) is 2.67. The van der Waals surface area contributed by atoms with Crippen molar-refractivity contribution in [2.24, 2.45) is 0 Å². The molecule has 2 rings (SSSR count).